The Morgan fingerprint density at radius 3 is 2.59 bits per heavy atom. The highest BCUT2D eigenvalue weighted by Crippen LogP contribution is 2.26. The Morgan fingerprint density at radius 2 is 1.91 bits per heavy atom. The van der Waals surface area contributed by atoms with Gasteiger partial charge in [0.1, 0.15) is 5.69 Å². The van der Waals surface area contributed by atoms with Crippen molar-refractivity contribution in [2.45, 2.75) is 11.8 Å². The first-order chi connectivity index (χ1) is 10.4. The van der Waals surface area contributed by atoms with E-state index in [0.29, 0.717) is 16.5 Å². The van der Waals surface area contributed by atoms with Crippen molar-refractivity contribution in [1.29, 1.82) is 0 Å². The maximum Gasteiger partial charge on any atom is 0.353 e. The molecule has 0 aliphatic carbocycles. The summed E-state index contributed by atoms with van der Waals surface area (Å²) in [6, 6.07) is 15.3. The Balaban J connectivity index is 2.38. The largest absolute Gasteiger partial charge is 0.477 e. The van der Waals surface area contributed by atoms with Crippen LogP contribution in [0.4, 0.5) is 0 Å². The third-order valence-corrected chi connectivity index (χ3v) is 5.07. The second-order valence-corrected chi connectivity index (χ2v) is 6.66. The summed E-state index contributed by atoms with van der Waals surface area (Å²) in [5.74, 6) is -1.29. The summed E-state index contributed by atoms with van der Waals surface area (Å²) in [7, 11) is -4.00. The van der Waals surface area contributed by atoms with Gasteiger partial charge in [0.15, 0.2) is 0 Å². The van der Waals surface area contributed by atoms with Crippen LogP contribution in [-0.2, 0) is 10.0 Å². The van der Waals surface area contributed by atoms with E-state index in [1.165, 1.54) is 24.3 Å². The van der Waals surface area contributed by atoms with Crippen LogP contribution in [0.5, 0.6) is 0 Å². The normalized spacial score (nSPS) is 11.7. The van der Waals surface area contributed by atoms with E-state index in [1.54, 1.807) is 31.2 Å². The number of para-hydroxylation sites is 1. The molecular formula is C16H12NO4S. The van der Waals surface area contributed by atoms with Crippen molar-refractivity contribution in [3.05, 3.63) is 65.9 Å². The van der Waals surface area contributed by atoms with Crippen LogP contribution >= 0.6 is 0 Å². The number of aryl methyl sites for hydroxylation is 1. The van der Waals surface area contributed by atoms with E-state index >= 15 is 0 Å². The van der Waals surface area contributed by atoms with E-state index in [-0.39, 0.29) is 10.6 Å². The molecule has 0 bridgehead atoms. The molecule has 3 rings (SSSR count). The van der Waals surface area contributed by atoms with Gasteiger partial charge in [0.2, 0.25) is 0 Å². The number of aromatic nitrogens is 1. The standard InChI is InChI=1S/C16H12NO4S/c1-11-5-4-7-13(9-11)22(20,21)17-14-8-3-2-6-12(14)10-15(17)16(18)19/h2-4,6-10H,1H3,(H,18,19). The van der Waals surface area contributed by atoms with Gasteiger partial charge >= 0.3 is 5.97 Å². The van der Waals surface area contributed by atoms with Crippen LogP contribution in [0.3, 0.4) is 0 Å². The number of carboxylic acid groups (broad SMARTS) is 1. The second kappa shape index (κ2) is 4.99. The number of fused-ring (bicyclic) bond motifs is 1. The van der Waals surface area contributed by atoms with Crippen LogP contribution in [0.25, 0.3) is 10.9 Å². The quantitative estimate of drug-likeness (QED) is 0.806. The minimum atomic E-state index is -4.00. The van der Waals surface area contributed by atoms with E-state index in [1.807, 2.05) is 0 Å². The number of aromatic carboxylic acids is 1. The minimum absolute atomic E-state index is 0.0348. The first-order valence-electron chi connectivity index (χ1n) is 6.49. The van der Waals surface area contributed by atoms with Crippen molar-refractivity contribution in [2.75, 3.05) is 0 Å². The second-order valence-electron chi connectivity index (χ2n) is 4.87. The Bertz CT molecular complexity index is 986. The molecule has 3 aromatic rings. The molecule has 0 aliphatic rings. The predicted molar refractivity (Wildman–Crippen MR) is 81.5 cm³/mol. The Kier molecular flexibility index (Phi) is 3.26. The van der Waals surface area contributed by atoms with Crippen molar-refractivity contribution in [3.8, 4) is 0 Å². The maximum atomic E-state index is 12.9. The van der Waals surface area contributed by atoms with E-state index in [0.717, 1.165) is 3.97 Å². The molecule has 0 fully saturated rings. The molecule has 0 saturated heterocycles. The molecule has 111 valence electrons. The molecular weight excluding hydrogens is 302 g/mol. The molecule has 22 heavy (non-hydrogen) atoms. The minimum Gasteiger partial charge on any atom is -0.477 e. The zero-order chi connectivity index (χ0) is 15.9. The molecule has 1 N–H and O–H groups in total. The highest BCUT2D eigenvalue weighted by Gasteiger charge is 2.26. The average molecular weight is 314 g/mol. The Morgan fingerprint density at radius 1 is 1.18 bits per heavy atom. The highest BCUT2D eigenvalue weighted by molar-refractivity contribution is 7.90. The summed E-state index contributed by atoms with van der Waals surface area (Å²) >= 11 is 0. The molecule has 2 aromatic carbocycles. The molecule has 1 heterocycles. The fourth-order valence-electron chi connectivity index (χ4n) is 2.36. The molecule has 6 heteroatoms. The van der Waals surface area contributed by atoms with Gasteiger partial charge in [-0.05, 0) is 42.8 Å². The number of hydrogen-bond donors (Lipinski definition) is 1. The smallest absolute Gasteiger partial charge is 0.353 e. The summed E-state index contributed by atoms with van der Waals surface area (Å²) < 4.78 is 26.6. The van der Waals surface area contributed by atoms with Gasteiger partial charge in [-0.1, -0.05) is 24.3 Å². The van der Waals surface area contributed by atoms with Crippen LogP contribution in [0, 0.1) is 13.0 Å². The van der Waals surface area contributed by atoms with Crippen molar-refractivity contribution < 1.29 is 18.3 Å². The van der Waals surface area contributed by atoms with Crippen LogP contribution < -0.4 is 0 Å². The van der Waals surface area contributed by atoms with Crippen molar-refractivity contribution in [3.63, 3.8) is 0 Å². The average Bonchev–Trinajstić information content (AvgIpc) is 2.87. The lowest BCUT2D eigenvalue weighted by molar-refractivity contribution is 0.0689. The van der Waals surface area contributed by atoms with Gasteiger partial charge in [0.25, 0.3) is 10.0 Å². The fraction of sp³-hybridized carbons (Fsp3) is 0.0625. The lowest BCUT2D eigenvalue weighted by Crippen LogP contribution is -2.18. The van der Waals surface area contributed by atoms with E-state index in [2.05, 4.69) is 6.07 Å². The first-order valence-corrected chi connectivity index (χ1v) is 7.93. The SMILES string of the molecule is Cc1[c]ccc(S(=O)(=O)n2c(C(=O)O)cc3ccccc32)c1. The number of benzene rings is 2. The molecule has 0 aliphatic heterocycles. The molecule has 0 unspecified atom stereocenters. The topological polar surface area (TPSA) is 76.4 Å². The Labute approximate surface area is 127 Å². The van der Waals surface area contributed by atoms with Crippen molar-refractivity contribution in [2.24, 2.45) is 0 Å². The lowest BCUT2D eigenvalue weighted by atomic mass is 10.2. The number of hydrogen-bond acceptors (Lipinski definition) is 3. The molecule has 0 saturated carbocycles. The number of carbonyl (C=O) groups is 1. The highest BCUT2D eigenvalue weighted by atomic mass is 32.2. The number of carboxylic acids is 1. The summed E-state index contributed by atoms with van der Waals surface area (Å²) in [5.41, 5.74) is 0.714. The fourth-order valence-corrected chi connectivity index (χ4v) is 3.95. The first kappa shape index (κ1) is 14.3. The van der Waals surface area contributed by atoms with E-state index in [9.17, 15) is 18.3 Å². The molecule has 0 amide bonds. The van der Waals surface area contributed by atoms with E-state index < -0.39 is 16.0 Å². The van der Waals surface area contributed by atoms with E-state index in [4.69, 9.17) is 0 Å². The third-order valence-electron chi connectivity index (χ3n) is 3.34. The maximum absolute atomic E-state index is 12.9. The predicted octanol–water partition coefficient (Wildman–Crippen LogP) is 2.69. The third kappa shape index (κ3) is 2.17. The molecule has 5 nitrogen and oxygen atoms in total. The van der Waals surface area contributed by atoms with Gasteiger partial charge in [0, 0.05) is 5.39 Å². The molecule has 0 atom stereocenters. The molecule has 1 aromatic heterocycles. The van der Waals surface area contributed by atoms with Crippen molar-refractivity contribution >= 4 is 26.9 Å². The monoisotopic (exact) mass is 314 g/mol. The van der Waals surface area contributed by atoms with Gasteiger partial charge in [-0.15, -0.1) is 0 Å². The van der Waals surface area contributed by atoms with Gasteiger partial charge in [0.05, 0.1) is 10.4 Å². The summed E-state index contributed by atoms with van der Waals surface area (Å²) in [6.07, 6.45) is 0. The molecule has 1 radical (unpaired) electrons. The zero-order valence-corrected chi connectivity index (χ0v) is 12.5. The summed E-state index contributed by atoms with van der Waals surface area (Å²) in [6.45, 7) is 1.73. The number of nitrogens with zero attached hydrogens (tertiary/aromatic N) is 1. The number of rotatable bonds is 3. The van der Waals surface area contributed by atoms with Gasteiger partial charge in [-0.2, -0.15) is 0 Å². The van der Waals surface area contributed by atoms with Crippen LogP contribution in [0.2, 0.25) is 0 Å². The van der Waals surface area contributed by atoms with Crippen LogP contribution in [0.15, 0.2) is 53.4 Å². The van der Waals surface area contributed by atoms with Crippen molar-refractivity contribution in [1.82, 2.24) is 3.97 Å². The van der Waals surface area contributed by atoms with Gasteiger partial charge in [-0.3, -0.25) is 0 Å². The summed E-state index contributed by atoms with van der Waals surface area (Å²) in [5, 5.41) is 9.90. The zero-order valence-electron chi connectivity index (χ0n) is 11.6. The summed E-state index contributed by atoms with van der Waals surface area (Å²) in [4.78, 5) is 11.5. The Hall–Kier alpha value is -2.60. The molecule has 0 spiro atoms. The van der Waals surface area contributed by atoms with Gasteiger partial charge in [-0.25, -0.2) is 17.2 Å². The van der Waals surface area contributed by atoms with Crippen LogP contribution in [0.1, 0.15) is 16.1 Å². The van der Waals surface area contributed by atoms with Crippen LogP contribution in [-0.4, -0.2) is 23.5 Å². The van der Waals surface area contributed by atoms with Gasteiger partial charge < -0.3 is 5.11 Å². The lowest BCUT2D eigenvalue weighted by Gasteiger charge is -2.10.